The molecule has 0 aromatic carbocycles. The van der Waals surface area contributed by atoms with Crippen molar-refractivity contribution in [3.63, 3.8) is 0 Å². The summed E-state index contributed by atoms with van der Waals surface area (Å²) in [6.07, 6.45) is 9.90. The van der Waals surface area contributed by atoms with Crippen molar-refractivity contribution in [2.45, 2.75) is 38.1 Å². The van der Waals surface area contributed by atoms with Gasteiger partial charge in [-0.2, -0.15) is 0 Å². The monoisotopic (exact) mass is 243 g/mol. The number of pyridine rings is 1. The fourth-order valence-electron chi connectivity index (χ4n) is 2.66. The molecular formula is C13H17N5. The second-order valence-corrected chi connectivity index (χ2v) is 4.82. The lowest BCUT2D eigenvalue weighted by atomic mass is 9.95. The van der Waals surface area contributed by atoms with E-state index in [1.165, 1.54) is 32.1 Å². The molecule has 94 valence electrons. The zero-order chi connectivity index (χ0) is 12.4. The summed E-state index contributed by atoms with van der Waals surface area (Å²) < 4.78 is 2.19. The summed E-state index contributed by atoms with van der Waals surface area (Å²) >= 11 is 0. The number of rotatable bonds is 2. The van der Waals surface area contributed by atoms with Gasteiger partial charge < -0.3 is 10.3 Å². The van der Waals surface area contributed by atoms with Gasteiger partial charge >= 0.3 is 0 Å². The van der Waals surface area contributed by atoms with Crippen LogP contribution in [0.1, 0.15) is 38.1 Å². The molecule has 1 saturated carbocycles. The second-order valence-electron chi connectivity index (χ2n) is 4.82. The smallest absolute Gasteiger partial charge is 0.164 e. The third-order valence-electron chi connectivity index (χ3n) is 3.58. The highest BCUT2D eigenvalue weighted by molar-refractivity contribution is 5.58. The lowest BCUT2D eigenvalue weighted by Crippen LogP contribution is -2.13. The third kappa shape index (κ3) is 2.08. The Kier molecular flexibility index (Phi) is 2.96. The van der Waals surface area contributed by atoms with E-state index in [0.717, 1.165) is 11.4 Å². The van der Waals surface area contributed by atoms with Crippen molar-refractivity contribution in [2.75, 3.05) is 5.73 Å². The number of hydrogen-bond donors (Lipinski definition) is 1. The average molecular weight is 243 g/mol. The molecule has 0 spiro atoms. The molecule has 18 heavy (non-hydrogen) atoms. The standard InChI is InChI=1S/C13H17N5/c14-12-8-10(6-7-15-12)13-17-16-9-18(13)11-4-2-1-3-5-11/h6-9,11H,1-5H2,(H2,14,15). The molecule has 0 unspecified atom stereocenters. The van der Waals surface area contributed by atoms with Gasteiger partial charge in [0.2, 0.25) is 0 Å². The Hall–Kier alpha value is -1.91. The summed E-state index contributed by atoms with van der Waals surface area (Å²) in [5.74, 6) is 1.42. The maximum absolute atomic E-state index is 5.72. The van der Waals surface area contributed by atoms with E-state index in [-0.39, 0.29) is 0 Å². The zero-order valence-corrected chi connectivity index (χ0v) is 10.3. The van der Waals surface area contributed by atoms with Gasteiger partial charge in [0, 0.05) is 17.8 Å². The first kappa shape index (κ1) is 11.2. The van der Waals surface area contributed by atoms with Crippen LogP contribution in [-0.4, -0.2) is 19.7 Å². The quantitative estimate of drug-likeness (QED) is 0.879. The van der Waals surface area contributed by atoms with Gasteiger partial charge in [0.05, 0.1) is 0 Å². The summed E-state index contributed by atoms with van der Waals surface area (Å²) in [5.41, 5.74) is 6.72. The van der Waals surface area contributed by atoms with Crippen molar-refractivity contribution in [1.29, 1.82) is 0 Å². The van der Waals surface area contributed by atoms with E-state index in [2.05, 4.69) is 19.7 Å². The summed E-state index contributed by atoms with van der Waals surface area (Å²) in [6, 6.07) is 4.31. The largest absolute Gasteiger partial charge is 0.384 e. The summed E-state index contributed by atoms with van der Waals surface area (Å²) in [4.78, 5) is 4.01. The molecule has 1 aliphatic carbocycles. The van der Waals surface area contributed by atoms with Gasteiger partial charge in [-0.3, -0.25) is 0 Å². The van der Waals surface area contributed by atoms with Crippen LogP contribution in [0.3, 0.4) is 0 Å². The van der Waals surface area contributed by atoms with E-state index >= 15 is 0 Å². The average Bonchev–Trinajstić information content (AvgIpc) is 2.89. The first-order chi connectivity index (χ1) is 8.84. The lowest BCUT2D eigenvalue weighted by Gasteiger charge is -2.23. The van der Waals surface area contributed by atoms with Gasteiger partial charge in [0.15, 0.2) is 5.82 Å². The lowest BCUT2D eigenvalue weighted by molar-refractivity contribution is 0.355. The fraction of sp³-hybridized carbons (Fsp3) is 0.462. The molecule has 2 aromatic heterocycles. The topological polar surface area (TPSA) is 69.6 Å². The first-order valence-corrected chi connectivity index (χ1v) is 6.46. The highest BCUT2D eigenvalue weighted by atomic mass is 15.3. The van der Waals surface area contributed by atoms with E-state index in [9.17, 15) is 0 Å². The van der Waals surface area contributed by atoms with Crippen molar-refractivity contribution in [3.8, 4) is 11.4 Å². The number of nitrogen functional groups attached to an aromatic ring is 1. The summed E-state index contributed by atoms with van der Waals surface area (Å²) in [5, 5.41) is 8.29. The molecule has 0 radical (unpaired) electrons. The predicted octanol–water partition coefficient (Wildman–Crippen LogP) is 2.43. The number of hydrogen-bond acceptors (Lipinski definition) is 4. The minimum Gasteiger partial charge on any atom is -0.384 e. The molecule has 0 saturated heterocycles. The van der Waals surface area contributed by atoms with Gasteiger partial charge in [0.25, 0.3) is 0 Å². The molecule has 0 atom stereocenters. The fourth-order valence-corrected chi connectivity index (χ4v) is 2.66. The van der Waals surface area contributed by atoms with Crippen LogP contribution < -0.4 is 5.73 Å². The van der Waals surface area contributed by atoms with Crippen LogP contribution in [0.2, 0.25) is 0 Å². The third-order valence-corrected chi connectivity index (χ3v) is 3.58. The molecule has 3 rings (SSSR count). The Balaban J connectivity index is 1.95. The maximum atomic E-state index is 5.72. The molecule has 1 fully saturated rings. The zero-order valence-electron chi connectivity index (χ0n) is 10.3. The van der Waals surface area contributed by atoms with Crippen LogP contribution in [0.5, 0.6) is 0 Å². The minimum atomic E-state index is 0.519. The van der Waals surface area contributed by atoms with E-state index in [1.54, 1.807) is 6.20 Å². The van der Waals surface area contributed by atoms with E-state index in [4.69, 9.17) is 5.73 Å². The Morgan fingerprint density at radius 1 is 1.22 bits per heavy atom. The van der Waals surface area contributed by atoms with Crippen LogP contribution in [0.15, 0.2) is 24.7 Å². The van der Waals surface area contributed by atoms with Gasteiger partial charge in [-0.05, 0) is 25.0 Å². The van der Waals surface area contributed by atoms with E-state index in [0.29, 0.717) is 11.9 Å². The first-order valence-electron chi connectivity index (χ1n) is 6.46. The van der Waals surface area contributed by atoms with Crippen molar-refractivity contribution in [1.82, 2.24) is 19.7 Å². The predicted molar refractivity (Wildman–Crippen MR) is 69.8 cm³/mol. The van der Waals surface area contributed by atoms with Crippen LogP contribution in [0, 0.1) is 0 Å². The van der Waals surface area contributed by atoms with Crippen LogP contribution in [0.25, 0.3) is 11.4 Å². The molecule has 5 nitrogen and oxygen atoms in total. The van der Waals surface area contributed by atoms with Crippen molar-refractivity contribution in [2.24, 2.45) is 0 Å². The highest BCUT2D eigenvalue weighted by Crippen LogP contribution is 2.31. The SMILES string of the molecule is Nc1cc(-c2nncn2C2CCCCC2)ccn1. The van der Waals surface area contributed by atoms with Gasteiger partial charge in [0.1, 0.15) is 12.1 Å². The molecule has 0 aliphatic heterocycles. The second kappa shape index (κ2) is 4.76. The Morgan fingerprint density at radius 2 is 2.06 bits per heavy atom. The van der Waals surface area contributed by atoms with Crippen LogP contribution in [-0.2, 0) is 0 Å². The number of anilines is 1. The molecule has 2 aromatic rings. The normalized spacial score (nSPS) is 16.9. The minimum absolute atomic E-state index is 0.519. The molecule has 2 N–H and O–H groups in total. The van der Waals surface area contributed by atoms with Crippen LogP contribution in [0.4, 0.5) is 5.82 Å². The van der Waals surface area contributed by atoms with Gasteiger partial charge in [-0.1, -0.05) is 19.3 Å². The molecule has 1 aliphatic rings. The van der Waals surface area contributed by atoms with Gasteiger partial charge in [-0.25, -0.2) is 4.98 Å². The molecule has 5 heteroatoms. The molecule has 0 bridgehead atoms. The Morgan fingerprint density at radius 3 is 2.83 bits per heavy atom. The summed E-state index contributed by atoms with van der Waals surface area (Å²) in [7, 11) is 0. The number of aromatic nitrogens is 4. The number of nitrogens with two attached hydrogens (primary N) is 1. The Labute approximate surface area is 106 Å². The van der Waals surface area contributed by atoms with Crippen molar-refractivity contribution in [3.05, 3.63) is 24.7 Å². The number of nitrogens with zero attached hydrogens (tertiary/aromatic N) is 4. The van der Waals surface area contributed by atoms with E-state index < -0.39 is 0 Å². The van der Waals surface area contributed by atoms with Crippen molar-refractivity contribution >= 4 is 5.82 Å². The molecular weight excluding hydrogens is 226 g/mol. The van der Waals surface area contributed by atoms with Crippen molar-refractivity contribution < 1.29 is 0 Å². The van der Waals surface area contributed by atoms with Crippen LogP contribution >= 0.6 is 0 Å². The molecule has 0 amide bonds. The molecule has 2 heterocycles. The maximum Gasteiger partial charge on any atom is 0.164 e. The van der Waals surface area contributed by atoms with Gasteiger partial charge in [-0.15, -0.1) is 10.2 Å². The highest BCUT2D eigenvalue weighted by Gasteiger charge is 2.19. The van der Waals surface area contributed by atoms with E-state index in [1.807, 2.05) is 18.5 Å². The Bertz CT molecular complexity index is 528. The summed E-state index contributed by atoms with van der Waals surface area (Å²) in [6.45, 7) is 0.